The van der Waals surface area contributed by atoms with Crippen molar-refractivity contribution in [1.29, 1.82) is 5.26 Å². The molecule has 4 aromatic rings. The number of hydrogen-bond donors (Lipinski definition) is 1. The molecule has 0 fully saturated rings. The number of amides is 1. The van der Waals surface area contributed by atoms with Crippen LogP contribution >= 0.6 is 0 Å². The third-order valence-electron chi connectivity index (χ3n) is 5.13. The van der Waals surface area contributed by atoms with E-state index < -0.39 is 0 Å². The van der Waals surface area contributed by atoms with Crippen molar-refractivity contribution >= 4 is 11.6 Å². The fourth-order valence-corrected chi connectivity index (χ4v) is 3.64. The highest BCUT2D eigenvalue weighted by Crippen LogP contribution is 2.23. The number of hydrogen-bond acceptors (Lipinski definition) is 4. The van der Waals surface area contributed by atoms with Gasteiger partial charge in [-0.1, -0.05) is 18.2 Å². The second-order valence-electron chi connectivity index (χ2n) is 7.41. The van der Waals surface area contributed by atoms with Crippen molar-refractivity contribution in [2.75, 3.05) is 5.32 Å². The van der Waals surface area contributed by atoms with Crippen molar-refractivity contribution in [3.05, 3.63) is 107 Å². The highest BCUT2D eigenvalue weighted by molar-refractivity contribution is 6.05. The Bertz CT molecular complexity index is 1300. The third kappa shape index (κ3) is 4.52. The van der Waals surface area contributed by atoms with Crippen LogP contribution in [-0.2, 0) is 6.61 Å². The molecule has 0 spiro atoms. The first-order valence-electron chi connectivity index (χ1n) is 10.2. The number of benzene rings is 2. The van der Waals surface area contributed by atoms with Crippen LogP contribution in [0, 0.1) is 25.2 Å². The summed E-state index contributed by atoms with van der Waals surface area (Å²) in [7, 11) is 0. The van der Waals surface area contributed by atoms with Crippen LogP contribution in [0.1, 0.15) is 32.9 Å². The number of aromatic nitrogens is 2. The topological polar surface area (TPSA) is 79.9 Å². The molecule has 0 aliphatic carbocycles. The molecule has 0 saturated heterocycles. The molecule has 2 aromatic heterocycles. The van der Waals surface area contributed by atoms with Gasteiger partial charge in [-0.25, -0.2) is 0 Å². The predicted octanol–water partition coefficient (Wildman–Crippen LogP) is 5.19. The molecule has 6 nitrogen and oxygen atoms in total. The Kier molecular flexibility index (Phi) is 6.00. The van der Waals surface area contributed by atoms with Gasteiger partial charge in [-0.2, -0.15) is 5.26 Å². The van der Waals surface area contributed by atoms with Crippen LogP contribution in [0.25, 0.3) is 5.69 Å². The fraction of sp³-hybridized carbons (Fsp3) is 0.115. The number of nitriles is 1. The van der Waals surface area contributed by atoms with E-state index in [1.165, 1.54) is 0 Å². The van der Waals surface area contributed by atoms with Gasteiger partial charge in [0.1, 0.15) is 12.4 Å². The van der Waals surface area contributed by atoms with E-state index in [0.717, 1.165) is 22.6 Å². The number of ether oxygens (including phenoxy) is 1. The van der Waals surface area contributed by atoms with Crippen molar-refractivity contribution in [3.8, 4) is 17.5 Å². The molecule has 0 saturated carbocycles. The van der Waals surface area contributed by atoms with E-state index in [9.17, 15) is 4.79 Å². The maximum absolute atomic E-state index is 13.0. The number of anilines is 1. The molecule has 2 aromatic carbocycles. The number of pyridine rings is 1. The highest BCUT2D eigenvalue weighted by Gasteiger charge is 2.17. The van der Waals surface area contributed by atoms with Gasteiger partial charge >= 0.3 is 0 Å². The summed E-state index contributed by atoms with van der Waals surface area (Å²) in [5.41, 5.74) is 5.46. The minimum absolute atomic E-state index is 0.188. The smallest absolute Gasteiger partial charge is 0.257 e. The fourth-order valence-electron chi connectivity index (χ4n) is 3.64. The Morgan fingerprint density at radius 3 is 2.72 bits per heavy atom. The van der Waals surface area contributed by atoms with Crippen LogP contribution in [0.3, 0.4) is 0 Å². The van der Waals surface area contributed by atoms with E-state index in [0.29, 0.717) is 29.2 Å². The zero-order valence-electron chi connectivity index (χ0n) is 17.9. The first-order chi connectivity index (χ1) is 15.5. The lowest BCUT2D eigenvalue weighted by molar-refractivity contribution is 0.102. The Morgan fingerprint density at radius 1 is 1.09 bits per heavy atom. The van der Waals surface area contributed by atoms with Gasteiger partial charge in [-0.05, 0) is 61.9 Å². The van der Waals surface area contributed by atoms with Crippen LogP contribution in [0.5, 0.6) is 5.75 Å². The van der Waals surface area contributed by atoms with Crippen molar-refractivity contribution < 1.29 is 9.53 Å². The summed E-state index contributed by atoms with van der Waals surface area (Å²) in [5, 5.41) is 12.0. The molecule has 6 heteroatoms. The maximum Gasteiger partial charge on any atom is 0.257 e. The summed E-state index contributed by atoms with van der Waals surface area (Å²) in [6.45, 7) is 4.22. The van der Waals surface area contributed by atoms with Crippen LogP contribution in [-0.4, -0.2) is 15.5 Å². The molecular formula is C26H22N4O2. The first-order valence-corrected chi connectivity index (χ1v) is 10.2. The van der Waals surface area contributed by atoms with E-state index in [1.807, 2.05) is 66.9 Å². The molecule has 2 heterocycles. The molecule has 4 rings (SSSR count). The van der Waals surface area contributed by atoms with E-state index in [4.69, 9.17) is 10.00 Å². The SMILES string of the molecule is Cc1cc(C(=O)Nc2cccc(OCc3cccc(C#N)c3)c2)c(C)n1-c1cccnc1. The maximum atomic E-state index is 13.0. The molecule has 0 aliphatic heterocycles. The molecule has 0 aliphatic rings. The van der Waals surface area contributed by atoms with Gasteiger partial charge in [-0.3, -0.25) is 9.78 Å². The first kappa shape index (κ1) is 20.9. The number of aryl methyl sites for hydroxylation is 1. The summed E-state index contributed by atoms with van der Waals surface area (Å²) in [6, 6.07) is 22.4. The molecule has 158 valence electrons. The largest absolute Gasteiger partial charge is 0.489 e. The summed E-state index contributed by atoms with van der Waals surface area (Å²) < 4.78 is 7.86. The molecule has 0 bridgehead atoms. The zero-order chi connectivity index (χ0) is 22.5. The van der Waals surface area contributed by atoms with E-state index in [1.54, 1.807) is 30.6 Å². The van der Waals surface area contributed by atoms with Gasteiger partial charge in [0.2, 0.25) is 0 Å². The summed E-state index contributed by atoms with van der Waals surface area (Å²) >= 11 is 0. The number of carbonyl (C=O) groups is 1. The quantitative estimate of drug-likeness (QED) is 0.464. The molecule has 32 heavy (non-hydrogen) atoms. The lowest BCUT2D eigenvalue weighted by atomic mass is 10.1. The minimum atomic E-state index is -0.188. The average molecular weight is 422 g/mol. The molecule has 1 amide bonds. The van der Waals surface area contributed by atoms with Gasteiger partial charge in [0.15, 0.2) is 0 Å². The van der Waals surface area contributed by atoms with Crippen LogP contribution in [0.2, 0.25) is 0 Å². The molecule has 1 N–H and O–H groups in total. The number of carbonyl (C=O) groups excluding carboxylic acids is 1. The molecule has 0 atom stereocenters. The lowest BCUT2D eigenvalue weighted by Crippen LogP contribution is -2.13. The van der Waals surface area contributed by atoms with Gasteiger partial charge in [0.25, 0.3) is 5.91 Å². The lowest BCUT2D eigenvalue weighted by Gasteiger charge is -2.11. The van der Waals surface area contributed by atoms with Gasteiger partial charge in [-0.15, -0.1) is 0 Å². The number of nitrogens with one attached hydrogen (secondary N) is 1. The third-order valence-corrected chi connectivity index (χ3v) is 5.13. The Labute approximate surface area is 186 Å². The van der Waals surface area contributed by atoms with Crippen LogP contribution < -0.4 is 10.1 Å². The van der Waals surface area contributed by atoms with Crippen LogP contribution in [0.4, 0.5) is 5.69 Å². The van der Waals surface area contributed by atoms with Crippen molar-refractivity contribution in [2.45, 2.75) is 20.5 Å². The Morgan fingerprint density at radius 2 is 1.94 bits per heavy atom. The highest BCUT2D eigenvalue weighted by atomic mass is 16.5. The van der Waals surface area contributed by atoms with E-state index >= 15 is 0 Å². The monoisotopic (exact) mass is 422 g/mol. The second-order valence-corrected chi connectivity index (χ2v) is 7.41. The van der Waals surface area contributed by atoms with Crippen molar-refractivity contribution in [2.24, 2.45) is 0 Å². The number of rotatable bonds is 6. The summed E-state index contributed by atoms with van der Waals surface area (Å²) in [4.78, 5) is 17.2. The normalized spacial score (nSPS) is 10.4. The van der Waals surface area contributed by atoms with E-state index in [2.05, 4.69) is 16.4 Å². The Hall–Kier alpha value is -4.37. The van der Waals surface area contributed by atoms with Gasteiger partial charge < -0.3 is 14.6 Å². The standard InChI is InChI=1S/C26H22N4O2/c1-18-12-25(19(2)30(18)23-9-5-11-28-16-23)26(31)29-22-8-4-10-24(14-22)32-17-21-7-3-6-20(13-21)15-27/h3-14,16H,17H2,1-2H3,(H,29,31). The summed E-state index contributed by atoms with van der Waals surface area (Å²) in [5.74, 6) is 0.443. The zero-order valence-corrected chi connectivity index (χ0v) is 17.9. The van der Waals surface area contributed by atoms with Gasteiger partial charge in [0.05, 0.1) is 29.1 Å². The minimum Gasteiger partial charge on any atom is -0.489 e. The predicted molar refractivity (Wildman–Crippen MR) is 123 cm³/mol. The number of nitrogens with zero attached hydrogens (tertiary/aromatic N) is 3. The average Bonchev–Trinajstić information content (AvgIpc) is 3.12. The summed E-state index contributed by atoms with van der Waals surface area (Å²) in [6.07, 6.45) is 3.50. The van der Waals surface area contributed by atoms with Gasteiger partial charge in [0, 0.05) is 29.3 Å². The molecule has 0 unspecified atom stereocenters. The molecule has 0 radical (unpaired) electrons. The second kappa shape index (κ2) is 9.19. The van der Waals surface area contributed by atoms with E-state index in [-0.39, 0.29) is 5.91 Å². The van der Waals surface area contributed by atoms with Crippen LogP contribution in [0.15, 0.2) is 79.1 Å². The van der Waals surface area contributed by atoms with Crippen molar-refractivity contribution in [1.82, 2.24) is 9.55 Å². The Balaban J connectivity index is 1.48. The van der Waals surface area contributed by atoms with Crippen molar-refractivity contribution in [3.63, 3.8) is 0 Å². The molecular weight excluding hydrogens is 400 g/mol.